The summed E-state index contributed by atoms with van der Waals surface area (Å²) in [6.07, 6.45) is -0.143. The number of aromatic nitrogens is 1. The van der Waals surface area contributed by atoms with Gasteiger partial charge in [0, 0.05) is 38.9 Å². The van der Waals surface area contributed by atoms with Crippen LogP contribution in [0.1, 0.15) is 71.8 Å². The molecule has 9 aromatic rings. The highest BCUT2D eigenvalue weighted by atomic mass is 15.2. The predicted octanol–water partition coefficient (Wildman–Crippen LogP) is 14.0. The first-order chi connectivity index (χ1) is 27.5. The first-order valence-electron chi connectivity index (χ1n) is 19.9. The second-order valence-electron chi connectivity index (χ2n) is 16.5. The molecule has 0 saturated heterocycles. The second-order valence-corrected chi connectivity index (χ2v) is 16.5. The SMILES string of the molecule is CC1=C(c2ccc3c(c2)C(C)(C)c2ccccc2-3)C(n2c3ccccc3c3cc4c(cc32)C(c2ccccc2)c2ccc3ccccc3c2-4)Nc2ccccc21. The molecule has 56 heavy (non-hydrogen) atoms. The number of nitrogens with one attached hydrogen (secondary N) is 1. The van der Waals surface area contributed by atoms with Gasteiger partial charge in [-0.2, -0.15) is 0 Å². The molecule has 2 unspecified atom stereocenters. The number of rotatable bonds is 3. The number of nitrogens with zero attached hydrogens (tertiary/aromatic N) is 1. The van der Waals surface area contributed by atoms with Gasteiger partial charge in [-0.15, -0.1) is 0 Å². The Hall–Kier alpha value is -6.64. The molecule has 8 aromatic carbocycles. The molecule has 1 N–H and O–H groups in total. The summed E-state index contributed by atoms with van der Waals surface area (Å²) in [6, 6.07) is 63.8. The molecule has 266 valence electrons. The van der Waals surface area contributed by atoms with Crippen LogP contribution >= 0.6 is 0 Å². The third-order valence-corrected chi connectivity index (χ3v) is 13.3. The molecule has 3 aliphatic rings. The van der Waals surface area contributed by atoms with Crippen molar-refractivity contribution in [1.29, 1.82) is 0 Å². The zero-order valence-corrected chi connectivity index (χ0v) is 31.8. The van der Waals surface area contributed by atoms with Gasteiger partial charge < -0.3 is 9.88 Å². The first-order valence-corrected chi connectivity index (χ1v) is 19.9. The highest BCUT2D eigenvalue weighted by Gasteiger charge is 2.38. The monoisotopic (exact) mass is 716 g/mol. The van der Waals surface area contributed by atoms with Gasteiger partial charge in [0.15, 0.2) is 0 Å². The summed E-state index contributed by atoms with van der Waals surface area (Å²) in [4.78, 5) is 0. The summed E-state index contributed by atoms with van der Waals surface area (Å²) >= 11 is 0. The lowest BCUT2D eigenvalue weighted by molar-refractivity contribution is 0.659. The Morgan fingerprint density at radius 3 is 2.11 bits per heavy atom. The quantitative estimate of drug-likeness (QED) is 0.193. The zero-order chi connectivity index (χ0) is 37.3. The minimum absolute atomic E-state index is 0.0923. The zero-order valence-electron chi connectivity index (χ0n) is 31.8. The van der Waals surface area contributed by atoms with Crippen LogP contribution in [0.5, 0.6) is 0 Å². The Balaban J connectivity index is 1.14. The summed E-state index contributed by atoms with van der Waals surface area (Å²) in [5.74, 6) is 0.138. The van der Waals surface area contributed by atoms with E-state index >= 15 is 0 Å². The van der Waals surface area contributed by atoms with E-state index in [4.69, 9.17) is 0 Å². The van der Waals surface area contributed by atoms with E-state index in [1.807, 2.05) is 0 Å². The number of allylic oxidation sites excluding steroid dienone is 1. The summed E-state index contributed by atoms with van der Waals surface area (Å²) in [5.41, 5.74) is 21.0. The molecule has 0 bridgehead atoms. The van der Waals surface area contributed by atoms with Crippen molar-refractivity contribution in [3.05, 3.63) is 209 Å². The number of para-hydroxylation sites is 2. The van der Waals surface area contributed by atoms with Gasteiger partial charge >= 0.3 is 0 Å². The van der Waals surface area contributed by atoms with E-state index in [1.165, 1.54) is 111 Å². The summed E-state index contributed by atoms with van der Waals surface area (Å²) in [7, 11) is 0. The molecule has 2 heteroatoms. The van der Waals surface area contributed by atoms with E-state index in [2.05, 4.69) is 201 Å². The van der Waals surface area contributed by atoms with Crippen LogP contribution in [0, 0.1) is 0 Å². The Morgan fingerprint density at radius 2 is 1.23 bits per heavy atom. The Labute approximate surface area is 327 Å². The van der Waals surface area contributed by atoms with E-state index < -0.39 is 0 Å². The number of hydrogen-bond donors (Lipinski definition) is 1. The average Bonchev–Trinajstić information content (AvgIpc) is 3.82. The minimum Gasteiger partial charge on any atom is -0.361 e. The number of hydrogen-bond acceptors (Lipinski definition) is 1. The van der Waals surface area contributed by atoms with E-state index in [0.717, 1.165) is 0 Å². The largest absolute Gasteiger partial charge is 0.361 e. The number of benzene rings is 8. The van der Waals surface area contributed by atoms with Gasteiger partial charge in [-0.3, -0.25) is 0 Å². The van der Waals surface area contributed by atoms with Gasteiger partial charge in [0.1, 0.15) is 6.17 Å². The van der Waals surface area contributed by atoms with Crippen LogP contribution in [0.25, 0.3) is 66.0 Å². The maximum atomic E-state index is 4.13. The predicted molar refractivity (Wildman–Crippen MR) is 235 cm³/mol. The highest BCUT2D eigenvalue weighted by Crippen LogP contribution is 2.55. The molecule has 2 aliphatic carbocycles. The van der Waals surface area contributed by atoms with Crippen molar-refractivity contribution in [2.45, 2.75) is 38.3 Å². The van der Waals surface area contributed by atoms with E-state index in [0.29, 0.717) is 0 Å². The number of fused-ring (bicyclic) bond motifs is 12. The standard InChI is InChI=1S/C54H40N2/c1-32-36-18-10-13-23-47(36)55-53(50(32)35-26-27-39-38-20-9-12-22-45(38)54(2,3)46(39)29-35)56-48-24-14-11-21-40(48)42-30-43-44(31-49(42)56)51(34-16-5-4-6-17-34)41-28-25-33-15-7-8-19-37(33)52(41)43/h4-31,51,53,55H,1-3H3. The third kappa shape index (κ3) is 4.22. The van der Waals surface area contributed by atoms with Crippen molar-refractivity contribution >= 4 is 49.4 Å². The molecule has 0 amide bonds. The lowest BCUT2D eigenvalue weighted by Gasteiger charge is -2.34. The second kappa shape index (κ2) is 11.4. The first kappa shape index (κ1) is 31.7. The molecule has 0 fully saturated rings. The van der Waals surface area contributed by atoms with Crippen LogP contribution < -0.4 is 5.32 Å². The van der Waals surface area contributed by atoms with Crippen LogP contribution in [-0.2, 0) is 5.41 Å². The maximum Gasteiger partial charge on any atom is 0.131 e. The lowest BCUT2D eigenvalue weighted by Crippen LogP contribution is -2.25. The smallest absolute Gasteiger partial charge is 0.131 e. The van der Waals surface area contributed by atoms with Crippen LogP contribution in [0.2, 0.25) is 0 Å². The van der Waals surface area contributed by atoms with Crippen molar-refractivity contribution in [3.8, 4) is 22.3 Å². The van der Waals surface area contributed by atoms with Gasteiger partial charge in [0.05, 0.1) is 11.0 Å². The molecule has 0 saturated carbocycles. The Morgan fingerprint density at radius 1 is 0.518 bits per heavy atom. The molecule has 0 spiro atoms. The Kier molecular flexibility index (Phi) is 6.47. The maximum absolute atomic E-state index is 4.13. The normalized spacial score (nSPS) is 17.4. The molecule has 0 radical (unpaired) electrons. The fourth-order valence-corrected chi connectivity index (χ4v) is 10.7. The molecule has 2 atom stereocenters. The molecule has 1 aromatic heterocycles. The van der Waals surface area contributed by atoms with Crippen LogP contribution in [0.3, 0.4) is 0 Å². The van der Waals surface area contributed by atoms with Crippen molar-refractivity contribution in [1.82, 2.24) is 4.57 Å². The Bertz CT molecular complexity index is 3160. The summed E-state index contributed by atoms with van der Waals surface area (Å²) in [5, 5.41) is 9.29. The molecule has 2 nitrogen and oxygen atoms in total. The topological polar surface area (TPSA) is 17.0 Å². The van der Waals surface area contributed by atoms with Crippen LogP contribution in [0.4, 0.5) is 5.69 Å². The van der Waals surface area contributed by atoms with Crippen molar-refractivity contribution < 1.29 is 0 Å². The van der Waals surface area contributed by atoms with Crippen molar-refractivity contribution in [2.75, 3.05) is 5.32 Å². The summed E-state index contributed by atoms with van der Waals surface area (Å²) in [6.45, 7) is 7.09. The molecule has 2 heterocycles. The summed E-state index contributed by atoms with van der Waals surface area (Å²) < 4.78 is 2.61. The molecular weight excluding hydrogens is 677 g/mol. The van der Waals surface area contributed by atoms with Gasteiger partial charge in [-0.05, 0) is 109 Å². The van der Waals surface area contributed by atoms with E-state index in [9.17, 15) is 0 Å². The fourth-order valence-electron chi connectivity index (χ4n) is 10.7. The fraction of sp³-hybridized carbons (Fsp3) is 0.111. The van der Waals surface area contributed by atoms with Gasteiger partial charge in [-0.1, -0.05) is 153 Å². The van der Waals surface area contributed by atoms with E-state index in [1.54, 1.807) is 0 Å². The molecule has 1 aliphatic heterocycles. The number of anilines is 1. The van der Waals surface area contributed by atoms with Crippen molar-refractivity contribution in [2.24, 2.45) is 0 Å². The third-order valence-electron chi connectivity index (χ3n) is 13.3. The lowest BCUT2D eigenvalue weighted by atomic mass is 9.80. The minimum atomic E-state index is -0.143. The highest BCUT2D eigenvalue weighted by molar-refractivity contribution is 6.14. The van der Waals surface area contributed by atoms with E-state index in [-0.39, 0.29) is 17.5 Å². The average molecular weight is 717 g/mol. The van der Waals surface area contributed by atoms with Gasteiger partial charge in [-0.25, -0.2) is 0 Å². The van der Waals surface area contributed by atoms with Gasteiger partial charge in [0.2, 0.25) is 0 Å². The van der Waals surface area contributed by atoms with Crippen LogP contribution in [0.15, 0.2) is 170 Å². The van der Waals surface area contributed by atoms with Gasteiger partial charge in [0.25, 0.3) is 0 Å². The van der Waals surface area contributed by atoms with Crippen LogP contribution in [-0.4, -0.2) is 4.57 Å². The molecule has 12 rings (SSSR count). The molecular formula is C54H40N2. The van der Waals surface area contributed by atoms with Crippen molar-refractivity contribution in [3.63, 3.8) is 0 Å².